The number of methoxy groups -OCH3 is 1. The number of amides is 1. The number of carbonyl (C=O) groups excluding carboxylic acids is 1. The largest absolute Gasteiger partial charge is 0.380 e. The van der Waals surface area contributed by atoms with Gasteiger partial charge in [0.1, 0.15) is 0 Å². The zero-order valence-electron chi connectivity index (χ0n) is 12.2. The summed E-state index contributed by atoms with van der Waals surface area (Å²) >= 11 is 0. The van der Waals surface area contributed by atoms with Gasteiger partial charge in [-0.15, -0.1) is 0 Å². The molecule has 1 aromatic heterocycles. The Balaban J connectivity index is 1.88. The highest BCUT2D eigenvalue weighted by Gasteiger charge is 2.09. The first-order valence-electron chi connectivity index (χ1n) is 7.01. The maximum atomic E-state index is 12.4. The summed E-state index contributed by atoms with van der Waals surface area (Å²) in [7, 11) is 1.63. The molecule has 1 N–H and O–H groups in total. The SMILES string of the molecule is COCc1cccc(C(=O)Nc2cccc3ncccc23)c1. The lowest BCUT2D eigenvalue weighted by molar-refractivity contribution is 0.102. The molecule has 0 atom stereocenters. The van der Waals surface area contributed by atoms with Gasteiger partial charge in [-0.3, -0.25) is 9.78 Å². The number of ether oxygens (including phenoxy) is 1. The van der Waals surface area contributed by atoms with Gasteiger partial charge in [-0.25, -0.2) is 0 Å². The second kappa shape index (κ2) is 6.37. The van der Waals surface area contributed by atoms with Crippen molar-refractivity contribution >= 4 is 22.5 Å². The van der Waals surface area contributed by atoms with E-state index < -0.39 is 0 Å². The first-order chi connectivity index (χ1) is 10.8. The Morgan fingerprint density at radius 2 is 2.00 bits per heavy atom. The van der Waals surface area contributed by atoms with E-state index in [4.69, 9.17) is 4.74 Å². The number of benzene rings is 2. The number of hydrogen-bond acceptors (Lipinski definition) is 3. The van der Waals surface area contributed by atoms with Gasteiger partial charge in [0.25, 0.3) is 5.91 Å². The molecule has 3 aromatic rings. The first-order valence-corrected chi connectivity index (χ1v) is 7.01. The summed E-state index contributed by atoms with van der Waals surface area (Å²) in [6, 6.07) is 16.9. The summed E-state index contributed by atoms with van der Waals surface area (Å²) in [5, 5.41) is 3.87. The van der Waals surface area contributed by atoms with Gasteiger partial charge >= 0.3 is 0 Å². The number of hydrogen-bond donors (Lipinski definition) is 1. The van der Waals surface area contributed by atoms with E-state index in [2.05, 4.69) is 10.3 Å². The van der Waals surface area contributed by atoms with Crippen molar-refractivity contribution in [1.82, 2.24) is 4.98 Å². The summed E-state index contributed by atoms with van der Waals surface area (Å²) in [5.41, 5.74) is 3.19. The number of carbonyl (C=O) groups is 1. The van der Waals surface area contributed by atoms with Crippen molar-refractivity contribution in [2.24, 2.45) is 0 Å². The molecule has 0 aliphatic heterocycles. The summed E-state index contributed by atoms with van der Waals surface area (Å²) in [5.74, 6) is -0.144. The van der Waals surface area contributed by atoms with Crippen molar-refractivity contribution in [1.29, 1.82) is 0 Å². The van der Waals surface area contributed by atoms with Gasteiger partial charge in [-0.1, -0.05) is 18.2 Å². The molecule has 3 rings (SSSR count). The summed E-state index contributed by atoms with van der Waals surface area (Å²) in [4.78, 5) is 16.7. The van der Waals surface area contributed by atoms with Gasteiger partial charge < -0.3 is 10.1 Å². The van der Waals surface area contributed by atoms with E-state index in [0.29, 0.717) is 12.2 Å². The molecule has 0 radical (unpaired) electrons. The lowest BCUT2D eigenvalue weighted by Crippen LogP contribution is -2.12. The van der Waals surface area contributed by atoms with Crippen LogP contribution in [0.25, 0.3) is 10.9 Å². The fourth-order valence-corrected chi connectivity index (χ4v) is 2.38. The molecule has 1 heterocycles. The minimum Gasteiger partial charge on any atom is -0.380 e. The third kappa shape index (κ3) is 2.97. The second-order valence-electron chi connectivity index (χ2n) is 4.96. The molecule has 110 valence electrons. The number of pyridine rings is 1. The number of anilines is 1. The van der Waals surface area contributed by atoms with Crippen molar-refractivity contribution in [2.75, 3.05) is 12.4 Å². The summed E-state index contributed by atoms with van der Waals surface area (Å²) in [6.07, 6.45) is 1.74. The van der Waals surface area contributed by atoms with E-state index in [0.717, 1.165) is 22.2 Å². The van der Waals surface area contributed by atoms with E-state index in [1.54, 1.807) is 19.4 Å². The molecule has 0 spiro atoms. The molecule has 2 aromatic carbocycles. The van der Waals surface area contributed by atoms with E-state index in [-0.39, 0.29) is 5.91 Å². The van der Waals surface area contributed by atoms with Crippen LogP contribution in [0, 0.1) is 0 Å². The quantitative estimate of drug-likeness (QED) is 0.799. The summed E-state index contributed by atoms with van der Waals surface area (Å²) in [6.45, 7) is 0.485. The van der Waals surface area contributed by atoms with Crippen LogP contribution in [0.2, 0.25) is 0 Å². The monoisotopic (exact) mass is 292 g/mol. The topological polar surface area (TPSA) is 51.2 Å². The highest BCUT2D eigenvalue weighted by molar-refractivity contribution is 6.08. The molecular formula is C18H16N2O2. The van der Waals surface area contributed by atoms with E-state index in [1.807, 2.05) is 48.5 Å². The molecule has 4 heteroatoms. The molecule has 1 amide bonds. The zero-order chi connectivity index (χ0) is 15.4. The molecule has 0 bridgehead atoms. The Kier molecular flexibility index (Phi) is 4.12. The van der Waals surface area contributed by atoms with Crippen molar-refractivity contribution in [3.63, 3.8) is 0 Å². The zero-order valence-corrected chi connectivity index (χ0v) is 12.2. The van der Waals surface area contributed by atoms with Crippen LogP contribution in [-0.4, -0.2) is 18.0 Å². The van der Waals surface area contributed by atoms with Crippen LogP contribution < -0.4 is 5.32 Å². The van der Waals surface area contributed by atoms with Crippen LogP contribution in [0.15, 0.2) is 60.8 Å². The Morgan fingerprint density at radius 1 is 1.14 bits per heavy atom. The van der Waals surface area contributed by atoms with Gasteiger partial charge in [-0.2, -0.15) is 0 Å². The Hall–Kier alpha value is -2.72. The average Bonchev–Trinajstić information content (AvgIpc) is 2.56. The molecule has 0 fully saturated rings. The summed E-state index contributed by atoms with van der Waals surface area (Å²) < 4.78 is 5.10. The minimum atomic E-state index is -0.144. The Labute approximate surface area is 128 Å². The van der Waals surface area contributed by atoms with Crippen molar-refractivity contribution in [2.45, 2.75) is 6.61 Å². The maximum Gasteiger partial charge on any atom is 0.255 e. The molecule has 0 aliphatic carbocycles. The normalized spacial score (nSPS) is 10.6. The van der Waals surface area contributed by atoms with Gasteiger partial charge in [0.2, 0.25) is 0 Å². The van der Waals surface area contributed by atoms with Crippen molar-refractivity contribution in [3.05, 3.63) is 71.9 Å². The van der Waals surface area contributed by atoms with Crippen molar-refractivity contribution < 1.29 is 9.53 Å². The van der Waals surface area contributed by atoms with Gasteiger partial charge in [0.15, 0.2) is 0 Å². The maximum absolute atomic E-state index is 12.4. The van der Waals surface area contributed by atoms with E-state index >= 15 is 0 Å². The van der Waals surface area contributed by atoms with Crippen LogP contribution in [0.5, 0.6) is 0 Å². The predicted octanol–water partition coefficient (Wildman–Crippen LogP) is 3.63. The highest BCUT2D eigenvalue weighted by Crippen LogP contribution is 2.22. The third-order valence-corrected chi connectivity index (χ3v) is 3.39. The number of aromatic nitrogens is 1. The minimum absolute atomic E-state index is 0.144. The van der Waals surface area contributed by atoms with Gasteiger partial charge in [-0.05, 0) is 42.0 Å². The lowest BCUT2D eigenvalue weighted by Gasteiger charge is -2.09. The van der Waals surface area contributed by atoms with Gasteiger partial charge in [0.05, 0.1) is 17.8 Å². The standard InChI is InChI=1S/C18H16N2O2/c1-22-12-13-5-2-6-14(11-13)18(21)20-17-9-3-8-16-15(17)7-4-10-19-16/h2-11H,12H2,1H3,(H,20,21). The third-order valence-electron chi connectivity index (χ3n) is 3.39. The van der Waals surface area contributed by atoms with Crippen molar-refractivity contribution in [3.8, 4) is 0 Å². The van der Waals surface area contributed by atoms with Crippen LogP contribution in [-0.2, 0) is 11.3 Å². The van der Waals surface area contributed by atoms with Crippen LogP contribution in [0.1, 0.15) is 15.9 Å². The van der Waals surface area contributed by atoms with Crippen LogP contribution >= 0.6 is 0 Å². The number of fused-ring (bicyclic) bond motifs is 1. The first kappa shape index (κ1) is 14.2. The van der Waals surface area contributed by atoms with Crippen LogP contribution in [0.4, 0.5) is 5.69 Å². The fraction of sp³-hybridized carbons (Fsp3) is 0.111. The smallest absolute Gasteiger partial charge is 0.255 e. The van der Waals surface area contributed by atoms with E-state index in [9.17, 15) is 4.79 Å². The number of nitrogens with zero attached hydrogens (tertiary/aromatic N) is 1. The van der Waals surface area contributed by atoms with E-state index in [1.165, 1.54) is 0 Å². The molecule has 22 heavy (non-hydrogen) atoms. The average molecular weight is 292 g/mol. The Bertz CT molecular complexity index is 810. The van der Waals surface area contributed by atoms with Crippen LogP contribution in [0.3, 0.4) is 0 Å². The molecule has 0 saturated carbocycles. The number of rotatable bonds is 4. The number of nitrogens with one attached hydrogen (secondary N) is 1. The van der Waals surface area contributed by atoms with Gasteiger partial charge in [0, 0.05) is 24.3 Å². The molecular weight excluding hydrogens is 276 g/mol. The fourth-order valence-electron chi connectivity index (χ4n) is 2.38. The lowest BCUT2D eigenvalue weighted by atomic mass is 10.1. The Morgan fingerprint density at radius 3 is 2.86 bits per heavy atom. The molecule has 0 unspecified atom stereocenters. The molecule has 0 saturated heterocycles. The second-order valence-corrected chi connectivity index (χ2v) is 4.96. The predicted molar refractivity (Wildman–Crippen MR) is 86.9 cm³/mol. The molecule has 0 aliphatic rings. The highest BCUT2D eigenvalue weighted by atomic mass is 16.5. The molecule has 4 nitrogen and oxygen atoms in total.